The van der Waals surface area contributed by atoms with Gasteiger partial charge in [0.05, 0.1) is 7.11 Å². The number of nitrogens with one attached hydrogen (secondary N) is 1. The van der Waals surface area contributed by atoms with Gasteiger partial charge in [0.2, 0.25) is 0 Å². The third-order valence-electron chi connectivity index (χ3n) is 1.91. The summed E-state index contributed by atoms with van der Waals surface area (Å²) in [4.78, 5) is 0. The quantitative estimate of drug-likeness (QED) is 0.805. The Morgan fingerprint density at radius 2 is 2.21 bits per heavy atom. The van der Waals surface area contributed by atoms with Crippen LogP contribution in [0.15, 0.2) is 18.2 Å². The maximum atomic E-state index is 13.5. The summed E-state index contributed by atoms with van der Waals surface area (Å²) in [5, 5.41) is 2.68. The Morgan fingerprint density at radius 1 is 1.50 bits per heavy atom. The van der Waals surface area contributed by atoms with Gasteiger partial charge in [0.25, 0.3) is 0 Å². The highest BCUT2D eigenvalue weighted by Crippen LogP contribution is 2.27. The molecule has 0 aliphatic carbocycles. The van der Waals surface area contributed by atoms with E-state index in [2.05, 4.69) is 5.32 Å². The molecule has 78 valence electrons. The van der Waals surface area contributed by atoms with Gasteiger partial charge in [0.1, 0.15) is 17.7 Å². The summed E-state index contributed by atoms with van der Waals surface area (Å²) in [6.45, 7) is 0.139. The zero-order valence-corrected chi connectivity index (χ0v) is 8.18. The predicted molar refractivity (Wildman–Crippen MR) is 50.7 cm³/mol. The van der Waals surface area contributed by atoms with Gasteiger partial charge in [0.15, 0.2) is 0 Å². The van der Waals surface area contributed by atoms with Crippen molar-refractivity contribution in [2.24, 2.45) is 0 Å². The topological polar surface area (TPSA) is 21.3 Å². The number of hydrogen-bond acceptors (Lipinski definition) is 2. The Kier molecular flexibility index (Phi) is 3.83. The van der Waals surface area contributed by atoms with Crippen molar-refractivity contribution in [1.29, 1.82) is 0 Å². The molecule has 0 saturated carbocycles. The van der Waals surface area contributed by atoms with Gasteiger partial charge in [-0.2, -0.15) is 0 Å². The van der Waals surface area contributed by atoms with Crippen molar-refractivity contribution in [2.45, 2.75) is 6.17 Å². The standard InChI is InChI=1S/C10H13F2NO/c1-13-6-9(12)8-5-7(11)3-4-10(8)14-2/h3-5,9,13H,6H2,1-2H3. The summed E-state index contributed by atoms with van der Waals surface area (Å²) < 4.78 is 31.2. The number of likely N-dealkylation sites (N-methyl/N-ethyl adjacent to an activating group) is 1. The average Bonchev–Trinajstić information content (AvgIpc) is 2.18. The average molecular weight is 201 g/mol. The van der Waals surface area contributed by atoms with E-state index in [1.165, 1.54) is 19.2 Å². The maximum Gasteiger partial charge on any atom is 0.141 e. The molecule has 0 aromatic heterocycles. The Balaban J connectivity index is 2.97. The lowest BCUT2D eigenvalue weighted by molar-refractivity contribution is 0.316. The van der Waals surface area contributed by atoms with Crippen LogP contribution < -0.4 is 10.1 Å². The molecular formula is C10H13F2NO. The highest BCUT2D eigenvalue weighted by molar-refractivity contribution is 5.35. The second kappa shape index (κ2) is 4.91. The molecule has 1 aromatic carbocycles. The molecule has 14 heavy (non-hydrogen) atoms. The lowest BCUT2D eigenvalue weighted by Crippen LogP contribution is -2.14. The number of halogens is 2. The van der Waals surface area contributed by atoms with E-state index in [4.69, 9.17) is 4.74 Å². The zero-order chi connectivity index (χ0) is 10.6. The van der Waals surface area contributed by atoms with Gasteiger partial charge < -0.3 is 10.1 Å². The number of methoxy groups -OCH3 is 1. The largest absolute Gasteiger partial charge is 0.496 e. The van der Waals surface area contributed by atoms with E-state index in [1.807, 2.05) is 0 Å². The van der Waals surface area contributed by atoms with Gasteiger partial charge in [0, 0.05) is 12.1 Å². The van der Waals surface area contributed by atoms with Crippen molar-refractivity contribution in [3.8, 4) is 5.75 Å². The minimum atomic E-state index is -1.26. The van der Waals surface area contributed by atoms with E-state index < -0.39 is 12.0 Å². The molecule has 1 N–H and O–H groups in total. The first-order valence-electron chi connectivity index (χ1n) is 4.31. The SMILES string of the molecule is CNCC(F)c1cc(F)ccc1OC. The molecule has 2 nitrogen and oxygen atoms in total. The summed E-state index contributed by atoms with van der Waals surface area (Å²) >= 11 is 0. The molecule has 1 atom stereocenters. The van der Waals surface area contributed by atoms with Gasteiger partial charge in [-0.1, -0.05) is 0 Å². The molecule has 0 spiro atoms. The van der Waals surface area contributed by atoms with Crippen molar-refractivity contribution in [3.63, 3.8) is 0 Å². The fourth-order valence-electron chi connectivity index (χ4n) is 1.24. The lowest BCUT2D eigenvalue weighted by atomic mass is 10.1. The minimum Gasteiger partial charge on any atom is -0.496 e. The van der Waals surface area contributed by atoms with Crippen molar-refractivity contribution >= 4 is 0 Å². The van der Waals surface area contributed by atoms with Crippen molar-refractivity contribution in [2.75, 3.05) is 20.7 Å². The smallest absolute Gasteiger partial charge is 0.141 e. The van der Waals surface area contributed by atoms with E-state index in [1.54, 1.807) is 7.05 Å². The van der Waals surface area contributed by atoms with Crippen LogP contribution in [0.4, 0.5) is 8.78 Å². The molecule has 1 rings (SSSR count). The Bertz CT molecular complexity index is 304. The summed E-state index contributed by atoms with van der Waals surface area (Å²) in [6, 6.07) is 3.82. The molecule has 0 aliphatic rings. The second-order valence-electron chi connectivity index (χ2n) is 2.91. The van der Waals surface area contributed by atoms with E-state index in [0.717, 1.165) is 6.07 Å². The summed E-state index contributed by atoms with van der Waals surface area (Å²) in [5.74, 6) is -0.0892. The number of rotatable bonds is 4. The third-order valence-corrected chi connectivity index (χ3v) is 1.91. The second-order valence-corrected chi connectivity index (χ2v) is 2.91. The van der Waals surface area contributed by atoms with Crippen LogP contribution in [0, 0.1) is 5.82 Å². The molecule has 1 aromatic rings. The molecular weight excluding hydrogens is 188 g/mol. The van der Waals surface area contributed by atoms with Crippen LogP contribution in [0.5, 0.6) is 5.75 Å². The van der Waals surface area contributed by atoms with Crippen LogP contribution in [0.2, 0.25) is 0 Å². The third kappa shape index (κ3) is 2.42. The van der Waals surface area contributed by atoms with Crippen LogP contribution in [0.3, 0.4) is 0 Å². The first-order chi connectivity index (χ1) is 6.69. The van der Waals surface area contributed by atoms with Crippen LogP contribution in [-0.4, -0.2) is 20.7 Å². The first kappa shape index (κ1) is 10.9. The van der Waals surface area contributed by atoms with E-state index >= 15 is 0 Å². The molecule has 4 heteroatoms. The molecule has 0 radical (unpaired) electrons. The number of benzene rings is 1. The first-order valence-corrected chi connectivity index (χ1v) is 4.31. The van der Waals surface area contributed by atoms with Gasteiger partial charge in [-0.05, 0) is 25.2 Å². The molecule has 0 saturated heterocycles. The van der Waals surface area contributed by atoms with Gasteiger partial charge >= 0.3 is 0 Å². The molecule has 0 fully saturated rings. The van der Waals surface area contributed by atoms with Crippen LogP contribution in [-0.2, 0) is 0 Å². The lowest BCUT2D eigenvalue weighted by Gasteiger charge is -2.12. The summed E-state index contributed by atoms with van der Waals surface area (Å²) in [7, 11) is 3.07. The molecule has 0 aliphatic heterocycles. The van der Waals surface area contributed by atoms with Crippen LogP contribution in [0.25, 0.3) is 0 Å². The monoisotopic (exact) mass is 201 g/mol. The van der Waals surface area contributed by atoms with Crippen LogP contribution >= 0.6 is 0 Å². The fraction of sp³-hybridized carbons (Fsp3) is 0.400. The van der Waals surface area contributed by atoms with E-state index in [-0.39, 0.29) is 12.1 Å². The van der Waals surface area contributed by atoms with Gasteiger partial charge in [-0.15, -0.1) is 0 Å². The number of ether oxygens (including phenoxy) is 1. The van der Waals surface area contributed by atoms with E-state index in [0.29, 0.717) is 5.75 Å². The predicted octanol–water partition coefficient (Wildman–Crippen LogP) is 2.06. The highest BCUT2D eigenvalue weighted by atomic mass is 19.1. The molecule has 0 heterocycles. The van der Waals surface area contributed by atoms with E-state index in [9.17, 15) is 8.78 Å². The number of alkyl halides is 1. The maximum absolute atomic E-state index is 13.5. The Morgan fingerprint density at radius 3 is 2.79 bits per heavy atom. The highest BCUT2D eigenvalue weighted by Gasteiger charge is 2.14. The van der Waals surface area contributed by atoms with Gasteiger partial charge in [-0.3, -0.25) is 0 Å². The summed E-state index contributed by atoms with van der Waals surface area (Å²) in [5.41, 5.74) is 0.238. The number of hydrogen-bond donors (Lipinski definition) is 1. The van der Waals surface area contributed by atoms with Crippen molar-refractivity contribution in [1.82, 2.24) is 5.32 Å². The van der Waals surface area contributed by atoms with Crippen molar-refractivity contribution < 1.29 is 13.5 Å². The normalized spacial score (nSPS) is 12.6. The molecule has 0 bridgehead atoms. The van der Waals surface area contributed by atoms with Crippen LogP contribution in [0.1, 0.15) is 11.7 Å². The molecule has 0 amide bonds. The molecule has 1 unspecified atom stereocenters. The Labute approximate surface area is 81.9 Å². The Hall–Kier alpha value is -1.16. The summed E-state index contributed by atoms with van der Waals surface area (Å²) in [6.07, 6.45) is -1.26. The fourth-order valence-corrected chi connectivity index (χ4v) is 1.24. The zero-order valence-electron chi connectivity index (χ0n) is 8.18. The van der Waals surface area contributed by atoms with Crippen molar-refractivity contribution in [3.05, 3.63) is 29.6 Å². The van der Waals surface area contributed by atoms with Gasteiger partial charge in [-0.25, -0.2) is 8.78 Å². The minimum absolute atomic E-state index is 0.139.